The van der Waals surface area contributed by atoms with Crippen LogP contribution in [0.5, 0.6) is 0 Å². The number of hydrogen-bond acceptors (Lipinski definition) is 4. The standard InChI is InChI=1S/C19H19ClN4OS/c1-13(2)21-17(25)12-26-19-23-22-18(15-10-6-7-11-16(15)20)24(19)14-8-4-3-5-9-14/h3-11,13H,12H2,1-2H3,(H,21,25). The normalized spacial score (nSPS) is 10.9. The molecule has 0 saturated heterocycles. The summed E-state index contributed by atoms with van der Waals surface area (Å²) >= 11 is 7.71. The van der Waals surface area contributed by atoms with E-state index in [1.165, 1.54) is 11.8 Å². The minimum atomic E-state index is -0.0353. The third-order valence-electron chi connectivity index (χ3n) is 3.54. The molecule has 0 aliphatic heterocycles. The van der Waals surface area contributed by atoms with Crippen molar-refractivity contribution in [2.24, 2.45) is 0 Å². The van der Waals surface area contributed by atoms with Gasteiger partial charge >= 0.3 is 0 Å². The van der Waals surface area contributed by atoms with Crippen LogP contribution in [0, 0.1) is 0 Å². The zero-order valence-corrected chi connectivity index (χ0v) is 16.1. The molecule has 134 valence electrons. The highest BCUT2D eigenvalue weighted by atomic mass is 35.5. The number of benzene rings is 2. The average molecular weight is 387 g/mol. The SMILES string of the molecule is CC(C)NC(=O)CSc1nnc(-c2ccccc2Cl)n1-c1ccccc1. The Hall–Kier alpha value is -2.31. The number of halogens is 1. The van der Waals surface area contributed by atoms with Gasteiger partial charge in [-0.25, -0.2) is 0 Å². The zero-order chi connectivity index (χ0) is 18.5. The second kappa shape index (κ2) is 8.38. The lowest BCUT2D eigenvalue weighted by Gasteiger charge is -2.11. The van der Waals surface area contributed by atoms with Crippen LogP contribution in [0.4, 0.5) is 0 Å². The molecule has 1 N–H and O–H groups in total. The number of carbonyl (C=O) groups is 1. The molecule has 0 aliphatic carbocycles. The highest BCUT2D eigenvalue weighted by molar-refractivity contribution is 7.99. The quantitative estimate of drug-likeness (QED) is 0.645. The second-order valence-corrected chi connectivity index (χ2v) is 7.32. The van der Waals surface area contributed by atoms with Gasteiger partial charge in [-0.2, -0.15) is 0 Å². The summed E-state index contributed by atoms with van der Waals surface area (Å²) in [6, 6.07) is 17.4. The summed E-state index contributed by atoms with van der Waals surface area (Å²) < 4.78 is 1.93. The number of carbonyl (C=O) groups excluding carboxylic acids is 1. The fourth-order valence-corrected chi connectivity index (χ4v) is 3.47. The molecule has 3 rings (SSSR count). The van der Waals surface area contributed by atoms with E-state index in [1.54, 1.807) is 0 Å². The highest BCUT2D eigenvalue weighted by Crippen LogP contribution is 2.31. The first kappa shape index (κ1) is 18.5. The van der Waals surface area contributed by atoms with Crippen LogP contribution in [-0.4, -0.2) is 32.5 Å². The molecule has 0 bridgehead atoms. The Labute approximate surface area is 161 Å². The van der Waals surface area contributed by atoms with Gasteiger partial charge in [0.1, 0.15) is 0 Å². The zero-order valence-electron chi connectivity index (χ0n) is 14.5. The van der Waals surface area contributed by atoms with Gasteiger partial charge in [-0.15, -0.1) is 10.2 Å². The van der Waals surface area contributed by atoms with Crippen LogP contribution in [-0.2, 0) is 4.79 Å². The number of amides is 1. The van der Waals surface area contributed by atoms with Gasteiger partial charge in [-0.3, -0.25) is 9.36 Å². The summed E-state index contributed by atoms with van der Waals surface area (Å²) in [7, 11) is 0. The lowest BCUT2D eigenvalue weighted by Crippen LogP contribution is -2.31. The maximum Gasteiger partial charge on any atom is 0.230 e. The molecule has 5 nitrogen and oxygen atoms in total. The minimum absolute atomic E-state index is 0.0353. The number of rotatable bonds is 6. The molecule has 7 heteroatoms. The number of para-hydroxylation sites is 1. The molecule has 1 amide bonds. The first-order valence-corrected chi connectivity index (χ1v) is 9.60. The summed E-state index contributed by atoms with van der Waals surface area (Å²) in [5, 5.41) is 12.8. The lowest BCUT2D eigenvalue weighted by atomic mass is 10.2. The number of hydrogen-bond donors (Lipinski definition) is 1. The van der Waals surface area contributed by atoms with Crippen LogP contribution in [0.2, 0.25) is 5.02 Å². The summed E-state index contributed by atoms with van der Waals surface area (Å²) in [4.78, 5) is 12.0. The van der Waals surface area contributed by atoms with Crippen molar-refractivity contribution in [3.63, 3.8) is 0 Å². The van der Waals surface area contributed by atoms with Crippen LogP contribution in [0.3, 0.4) is 0 Å². The van der Waals surface area contributed by atoms with Gasteiger partial charge in [0.05, 0.1) is 10.8 Å². The largest absolute Gasteiger partial charge is 0.353 e. The van der Waals surface area contributed by atoms with Crippen molar-refractivity contribution in [1.29, 1.82) is 0 Å². The summed E-state index contributed by atoms with van der Waals surface area (Å²) in [5.74, 6) is 0.881. The number of thioether (sulfide) groups is 1. The smallest absolute Gasteiger partial charge is 0.230 e. The van der Waals surface area contributed by atoms with Crippen molar-refractivity contribution in [1.82, 2.24) is 20.1 Å². The van der Waals surface area contributed by atoms with Gasteiger partial charge in [0.2, 0.25) is 5.91 Å². The Morgan fingerprint density at radius 2 is 1.81 bits per heavy atom. The molecule has 1 heterocycles. The van der Waals surface area contributed by atoms with Crippen LogP contribution >= 0.6 is 23.4 Å². The van der Waals surface area contributed by atoms with Crippen LogP contribution in [0.15, 0.2) is 59.8 Å². The Morgan fingerprint density at radius 1 is 1.12 bits per heavy atom. The Balaban J connectivity index is 1.98. The molecule has 0 unspecified atom stereocenters. The van der Waals surface area contributed by atoms with Crippen LogP contribution in [0.1, 0.15) is 13.8 Å². The first-order valence-electron chi connectivity index (χ1n) is 8.24. The molecular weight excluding hydrogens is 368 g/mol. The predicted octanol–water partition coefficient (Wildman–Crippen LogP) is 4.20. The third-order valence-corrected chi connectivity index (χ3v) is 4.80. The van der Waals surface area contributed by atoms with E-state index in [2.05, 4.69) is 15.5 Å². The molecular formula is C19H19ClN4OS. The van der Waals surface area contributed by atoms with Gasteiger partial charge in [0, 0.05) is 17.3 Å². The van der Waals surface area contributed by atoms with E-state index in [4.69, 9.17) is 11.6 Å². The molecule has 3 aromatic rings. The van der Waals surface area contributed by atoms with Gasteiger partial charge in [-0.1, -0.05) is 53.7 Å². The van der Waals surface area contributed by atoms with Crippen molar-refractivity contribution >= 4 is 29.3 Å². The summed E-state index contributed by atoms with van der Waals surface area (Å²) in [6.07, 6.45) is 0. The van der Waals surface area contributed by atoms with Crippen LogP contribution < -0.4 is 5.32 Å². The minimum Gasteiger partial charge on any atom is -0.353 e. The Kier molecular flexibility index (Phi) is 5.96. The monoisotopic (exact) mass is 386 g/mol. The van der Waals surface area contributed by atoms with Crippen LogP contribution in [0.25, 0.3) is 17.1 Å². The van der Waals surface area contributed by atoms with E-state index >= 15 is 0 Å². The fraction of sp³-hybridized carbons (Fsp3) is 0.211. The van der Waals surface area contributed by atoms with Crippen molar-refractivity contribution in [2.45, 2.75) is 25.0 Å². The van der Waals surface area contributed by atoms with E-state index in [1.807, 2.05) is 73.0 Å². The number of nitrogens with zero attached hydrogens (tertiary/aromatic N) is 3. The van der Waals surface area contributed by atoms with Crippen molar-refractivity contribution in [3.8, 4) is 17.1 Å². The number of aromatic nitrogens is 3. The summed E-state index contributed by atoms with van der Waals surface area (Å²) in [5.41, 5.74) is 1.71. The van der Waals surface area contributed by atoms with E-state index in [-0.39, 0.29) is 17.7 Å². The molecule has 0 saturated carbocycles. The molecule has 2 aromatic carbocycles. The van der Waals surface area contributed by atoms with Gasteiger partial charge in [0.15, 0.2) is 11.0 Å². The molecule has 1 aromatic heterocycles. The predicted molar refractivity (Wildman–Crippen MR) is 106 cm³/mol. The Bertz CT molecular complexity index is 896. The molecule has 0 radical (unpaired) electrons. The summed E-state index contributed by atoms with van der Waals surface area (Å²) in [6.45, 7) is 3.87. The topological polar surface area (TPSA) is 59.8 Å². The molecule has 0 spiro atoms. The second-order valence-electron chi connectivity index (χ2n) is 5.97. The molecule has 0 fully saturated rings. The lowest BCUT2D eigenvalue weighted by molar-refractivity contribution is -0.119. The van der Waals surface area contributed by atoms with Gasteiger partial charge in [0.25, 0.3) is 0 Å². The maximum absolute atomic E-state index is 12.0. The van der Waals surface area contributed by atoms with E-state index in [9.17, 15) is 4.79 Å². The molecule has 0 aliphatic rings. The third kappa shape index (κ3) is 4.26. The Morgan fingerprint density at radius 3 is 2.50 bits per heavy atom. The van der Waals surface area contributed by atoms with E-state index in [0.717, 1.165) is 11.3 Å². The maximum atomic E-state index is 12.0. The fourth-order valence-electron chi connectivity index (χ4n) is 2.48. The van der Waals surface area contributed by atoms with Crippen molar-refractivity contribution in [2.75, 3.05) is 5.75 Å². The van der Waals surface area contributed by atoms with E-state index < -0.39 is 0 Å². The van der Waals surface area contributed by atoms with Gasteiger partial charge in [-0.05, 0) is 38.1 Å². The van der Waals surface area contributed by atoms with Gasteiger partial charge < -0.3 is 5.32 Å². The molecule has 0 atom stereocenters. The van der Waals surface area contributed by atoms with E-state index in [0.29, 0.717) is 16.0 Å². The first-order chi connectivity index (χ1) is 12.6. The van der Waals surface area contributed by atoms with Crippen molar-refractivity contribution < 1.29 is 4.79 Å². The average Bonchev–Trinajstić information content (AvgIpc) is 3.04. The highest BCUT2D eigenvalue weighted by Gasteiger charge is 2.18. The van der Waals surface area contributed by atoms with Crippen molar-refractivity contribution in [3.05, 3.63) is 59.6 Å². The molecule has 26 heavy (non-hydrogen) atoms. The number of nitrogens with one attached hydrogen (secondary N) is 1.